The minimum Gasteiger partial charge on any atom is -0.495 e. The van der Waals surface area contributed by atoms with Crippen LogP contribution in [0.5, 0.6) is 5.75 Å². The highest BCUT2D eigenvalue weighted by molar-refractivity contribution is 6.35. The molecule has 0 aliphatic heterocycles. The number of hydrogen-bond acceptors (Lipinski definition) is 3. The van der Waals surface area contributed by atoms with Crippen molar-refractivity contribution in [3.8, 4) is 5.75 Å². The molecule has 20 heavy (non-hydrogen) atoms. The van der Waals surface area contributed by atoms with Crippen LogP contribution in [0, 0.1) is 6.92 Å². The number of pyridine rings is 1. The third kappa shape index (κ3) is 3.21. The van der Waals surface area contributed by atoms with Crippen LogP contribution in [0.15, 0.2) is 30.5 Å². The van der Waals surface area contributed by atoms with Crippen molar-refractivity contribution >= 4 is 34.8 Å². The Bertz CT molecular complexity index is 660. The molecule has 0 spiro atoms. The maximum Gasteiger partial charge on any atom is 0.257 e. The lowest BCUT2D eigenvalue weighted by molar-refractivity contribution is 0.102. The monoisotopic (exact) mass is 310 g/mol. The number of halogens is 2. The summed E-state index contributed by atoms with van der Waals surface area (Å²) < 4.78 is 5.20. The molecule has 2 aromatic rings. The number of nitrogens with one attached hydrogen (secondary N) is 1. The lowest BCUT2D eigenvalue weighted by atomic mass is 10.2. The van der Waals surface area contributed by atoms with Crippen LogP contribution in [0.1, 0.15) is 15.9 Å². The first kappa shape index (κ1) is 14.6. The Hall–Kier alpha value is -1.78. The summed E-state index contributed by atoms with van der Waals surface area (Å²) in [4.78, 5) is 16.0. The molecule has 1 heterocycles. The number of hydrogen-bond donors (Lipinski definition) is 1. The summed E-state index contributed by atoms with van der Waals surface area (Å²) in [6, 6.07) is 6.91. The number of nitrogens with zero attached hydrogens (tertiary/aromatic N) is 1. The Kier molecular flexibility index (Phi) is 4.47. The van der Waals surface area contributed by atoms with E-state index in [1.165, 1.54) is 19.4 Å². The van der Waals surface area contributed by atoms with Gasteiger partial charge in [0.15, 0.2) is 0 Å². The third-order valence-corrected chi connectivity index (χ3v) is 3.18. The fraction of sp³-hybridized carbons (Fsp3) is 0.143. The largest absolute Gasteiger partial charge is 0.495 e. The van der Waals surface area contributed by atoms with E-state index in [1.807, 2.05) is 19.1 Å². The molecule has 0 saturated carbocycles. The standard InChI is InChI=1S/C14H12Cl2N2O2/c1-8-3-4-12(20-2)11(5-8)18-14(19)9-6-13(16)17-7-10(9)15/h3-7H,1-2H3,(H,18,19). The minimum atomic E-state index is -0.372. The molecular weight excluding hydrogens is 299 g/mol. The summed E-state index contributed by atoms with van der Waals surface area (Å²) in [7, 11) is 1.54. The molecule has 0 aliphatic carbocycles. The molecule has 2 rings (SSSR count). The van der Waals surface area contributed by atoms with E-state index in [0.29, 0.717) is 11.4 Å². The molecule has 1 aromatic carbocycles. The fourth-order valence-corrected chi connectivity index (χ4v) is 2.04. The third-order valence-electron chi connectivity index (χ3n) is 2.67. The van der Waals surface area contributed by atoms with Gasteiger partial charge in [-0.2, -0.15) is 0 Å². The molecule has 1 aromatic heterocycles. The average molecular weight is 311 g/mol. The number of aryl methyl sites for hydroxylation is 1. The van der Waals surface area contributed by atoms with E-state index in [-0.39, 0.29) is 21.6 Å². The highest BCUT2D eigenvalue weighted by Gasteiger charge is 2.14. The maximum atomic E-state index is 12.2. The summed E-state index contributed by atoms with van der Waals surface area (Å²) >= 11 is 11.7. The van der Waals surface area contributed by atoms with E-state index in [2.05, 4.69) is 10.3 Å². The molecule has 0 aliphatic rings. The van der Waals surface area contributed by atoms with Gasteiger partial charge in [-0.05, 0) is 30.7 Å². The molecule has 104 valence electrons. The highest BCUT2D eigenvalue weighted by atomic mass is 35.5. The van der Waals surface area contributed by atoms with Crippen molar-refractivity contribution in [1.82, 2.24) is 4.98 Å². The molecule has 0 fully saturated rings. The number of amides is 1. The Morgan fingerprint density at radius 2 is 2.05 bits per heavy atom. The summed E-state index contributed by atoms with van der Waals surface area (Å²) in [6.07, 6.45) is 1.34. The molecule has 0 saturated heterocycles. The molecule has 1 amide bonds. The molecule has 6 heteroatoms. The van der Waals surface area contributed by atoms with Crippen LogP contribution < -0.4 is 10.1 Å². The topological polar surface area (TPSA) is 51.2 Å². The summed E-state index contributed by atoms with van der Waals surface area (Å²) in [5, 5.41) is 3.19. The smallest absolute Gasteiger partial charge is 0.257 e. The van der Waals surface area contributed by atoms with Crippen molar-refractivity contribution in [2.24, 2.45) is 0 Å². The number of aromatic nitrogens is 1. The molecule has 1 N–H and O–H groups in total. The van der Waals surface area contributed by atoms with Gasteiger partial charge in [0.2, 0.25) is 0 Å². The zero-order valence-electron chi connectivity index (χ0n) is 10.9. The van der Waals surface area contributed by atoms with Crippen LogP contribution in [0.3, 0.4) is 0 Å². The molecular formula is C14H12Cl2N2O2. The number of methoxy groups -OCH3 is 1. The summed E-state index contributed by atoms with van der Waals surface area (Å²) in [5.74, 6) is 0.198. The quantitative estimate of drug-likeness (QED) is 0.873. The molecule has 0 radical (unpaired) electrons. The van der Waals surface area contributed by atoms with Crippen molar-refractivity contribution < 1.29 is 9.53 Å². The van der Waals surface area contributed by atoms with Gasteiger partial charge in [0.1, 0.15) is 10.9 Å². The Morgan fingerprint density at radius 1 is 1.30 bits per heavy atom. The lowest BCUT2D eigenvalue weighted by Gasteiger charge is -2.11. The van der Waals surface area contributed by atoms with Gasteiger partial charge in [0.25, 0.3) is 5.91 Å². The van der Waals surface area contributed by atoms with Gasteiger partial charge < -0.3 is 10.1 Å². The first-order valence-corrected chi connectivity index (χ1v) is 6.54. The Labute approximate surface area is 126 Å². The van der Waals surface area contributed by atoms with Crippen molar-refractivity contribution in [3.05, 3.63) is 51.8 Å². The SMILES string of the molecule is COc1ccc(C)cc1NC(=O)c1cc(Cl)ncc1Cl. The summed E-state index contributed by atoms with van der Waals surface area (Å²) in [5.41, 5.74) is 1.83. The number of carbonyl (C=O) groups excluding carboxylic acids is 1. The second-order valence-electron chi connectivity index (χ2n) is 4.14. The number of anilines is 1. The fourth-order valence-electron chi connectivity index (χ4n) is 1.70. The van der Waals surface area contributed by atoms with Crippen molar-refractivity contribution in [3.63, 3.8) is 0 Å². The van der Waals surface area contributed by atoms with Crippen LogP contribution in [-0.2, 0) is 0 Å². The number of benzene rings is 1. The predicted octanol–water partition coefficient (Wildman–Crippen LogP) is 3.96. The predicted molar refractivity (Wildman–Crippen MR) is 79.9 cm³/mol. The van der Waals surface area contributed by atoms with E-state index >= 15 is 0 Å². The number of rotatable bonds is 3. The van der Waals surface area contributed by atoms with Gasteiger partial charge in [0, 0.05) is 6.20 Å². The Morgan fingerprint density at radius 3 is 2.75 bits per heavy atom. The highest BCUT2D eigenvalue weighted by Crippen LogP contribution is 2.27. The van der Waals surface area contributed by atoms with Crippen LogP contribution in [0.25, 0.3) is 0 Å². The number of ether oxygens (including phenoxy) is 1. The molecule has 0 atom stereocenters. The van der Waals surface area contributed by atoms with E-state index in [0.717, 1.165) is 5.56 Å². The van der Waals surface area contributed by atoms with Gasteiger partial charge in [-0.3, -0.25) is 4.79 Å². The molecule has 4 nitrogen and oxygen atoms in total. The zero-order valence-corrected chi connectivity index (χ0v) is 12.4. The van der Waals surface area contributed by atoms with E-state index in [9.17, 15) is 4.79 Å². The van der Waals surface area contributed by atoms with Gasteiger partial charge in [-0.1, -0.05) is 29.3 Å². The van der Waals surface area contributed by atoms with E-state index in [4.69, 9.17) is 27.9 Å². The lowest BCUT2D eigenvalue weighted by Crippen LogP contribution is -2.13. The van der Waals surface area contributed by atoms with E-state index in [1.54, 1.807) is 6.07 Å². The van der Waals surface area contributed by atoms with E-state index < -0.39 is 0 Å². The van der Waals surface area contributed by atoms with Crippen molar-refractivity contribution in [2.45, 2.75) is 6.92 Å². The van der Waals surface area contributed by atoms with Crippen LogP contribution in [0.2, 0.25) is 10.2 Å². The second-order valence-corrected chi connectivity index (χ2v) is 4.94. The van der Waals surface area contributed by atoms with Gasteiger partial charge in [-0.25, -0.2) is 4.98 Å². The second kappa shape index (κ2) is 6.11. The molecule has 0 bridgehead atoms. The average Bonchev–Trinajstić information content (AvgIpc) is 2.41. The minimum absolute atomic E-state index is 0.204. The number of carbonyl (C=O) groups is 1. The van der Waals surface area contributed by atoms with Gasteiger partial charge >= 0.3 is 0 Å². The normalized spacial score (nSPS) is 10.2. The van der Waals surface area contributed by atoms with Crippen LogP contribution in [0.4, 0.5) is 5.69 Å². The van der Waals surface area contributed by atoms with Crippen molar-refractivity contribution in [1.29, 1.82) is 0 Å². The van der Waals surface area contributed by atoms with Crippen LogP contribution in [-0.4, -0.2) is 18.0 Å². The molecule has 0 unspecified atom stereocenters. The summed E-state index contributed by atoms with van der Waals surface area (Å²) in [6.45, 7) is 1.92. The van der Waals surface area contributed by atoms with Crippen molar-refractivity contribution in [2.75, 3.05) is 12.4 Å². The van der Waals surface area contributed by atoms with Crippen LogP contribution >= 0.6 is 23.2 Å². The Balaban J connectivity index is 2.32. The first-order chi connectivity index (χ1) is 9.51. The van der Waals surface area contributed by atoms with Gasteiger partial charge in [-0.15, -0.1) is 0 Å². The van der Waals surface area contributed by atoms with Gasteiger partial charge in [0.05, 0.1) is 23.4 Å². The first-order valence-electron chi connectivity index (χ1n) is 5.78. The maximum absolute atomic E-state index is 12.2. The zero-order chi connectivity index (χ0) is 14.7.